The monoisotopic (exact) mass is 225 g/mol. The van der Waals surface area contributed by atoms with Crippen molar-refractivity contribution >= 4 is 16.7 Å². The lowest BCUT2D eigenvalue weighted by Crippen LogP contribution is -1.90. The molecule has 0 bridgehead atoms. The molecule has 4 nitrogen and oxygen atoms in total. The number of fused-ring (bicyclic) bond motifs is 1. The van der Waals surface area contributed by atoms with Gasteiger partial charge in [0.15, 0.2) is 0 Å². The van der Waals surface area contributed by atoms with E-state index in [0.29, 0.717) is 11.5 Å². The van der Waals surface area contributed by atoms with Gasteiger partial charge >= 0.3 is 0 Å². The van der Waals surface area contributed by atoms with Crippen molar-refractivity contribution in [3.8, 4) is 17.1 Å². The molecule has 2 aromatic carbocycles. The summed E-state index contributed by atoms with van der Waals surface area (Å²) in [5, 5.41) is 9.39. The lowest BCUT2D eigenvalue weighted by atomic mass is 10.2. The number of para-hydroxylation sites is 1. The molecule has 0 aliphatic rings. The first-order chi connectivity index (χ1) is 8.24. The molecular weight excluding hydrogens is 214 g/mol. The summed E-state index contributed by atoms with van der Waals surface area (Å²) in [6.07, 6.45) is 0. The maximum atomic E-state index is 9.39. The standard InChI is InChI=1S/C13H11N3O/c14-10-4-2-1-3-9(10)13-15-11-6-5-8(17)7-12(11)16-13/h1-7,17H,14H2,(H,15,16). The van der Waals surface area contributed by atoms with Crippen LogP contribution < -0.4 is 5.73 Å². The number of imidazole rings is 1. The SMILES string of the molecule is Nc1ccccc1-c1nc2ccc(O)cc2[nH]1. The van der Waals surface area contributed by atoms with Crippen LogP contribution >= 0.6 is 0 Å². The Bertz CT molecular complexity index is 688. The summed E-state index contributed by atoms with van der Waals surface area (Å²) >= 11 is 0. The van der Waals surface area contributed by atoms with Crippen molar-refractivity contribution in [3.05, 3.63) is 42.5 Å². The third kappa shape index (κ3) is 1.59. The van der Waals surface area contributed by atoms with E-state index < -0.39 is 0 Å². The molecule has 0 fully saturated rings. The highest BCUT2D eigenvalue weighted by Crippen LogP contribution is 2.26. The van der Waals surface area contributed by atoms with Crippen LogP contribution in [0.2, 0.25) is 0 Å². The van der Waals surface area contributed by atoms with Crippen LogP contribution in [0.25, 0.3) is 22.4 Å². The summed E-state index contributed by atoms with van der Waals surface area (Å²) in [6.45, 7) is 0. The highest BCUT2D eigenvalue weighted by molar-refractivity contribution is 5.83. The highest BCUT2D eigenvalue weighted by atomic mass is 16.3. The zero-order chi connectivity index (χ0) is 11.8. The van der Waals surface area contributed by atoms with Gasteiger partial charge in [-0.15, -0.1) is 0 Å². The van der Waals surface area contributed by atoms with Crippen LogP contribution in [0.5, 0.6) is 5.75 Å². The fourth-order valence-corrected chi connectivity index (χ4v) is 1.84. The molecule has 0 saturated heterocycles. The van der Waals surface area contributed by atoms with Gasteiger partial charge in [0, 0.05) is 17.3 Å². The number of nitrogens with zero attached hydrogens (tertiary/aromatic N) is 1. The first-order valence-electron chi connectivity index (χ1n) is 5.27. The number of hydrogen-bond acceptors (Lipinski definition) is 3. The molecule has 1 heterocycles. The van der Waals surface area contributed by atoms with Gasteiger partial charge in [0.05, 0.1) is 11.0 Å². The van der Waals surface area contributed by atoms with E-state index in [9.17, 15) is 5.11 Å². The van der Waals surface area contributed by atoms with Gasteiger partial charge in [0.25, 0.3) is 0 Å². The number of aromatic hydroxyl groups is 1. The van der Waals surface area contributed by atoms with E-state index in [1.54, 1.807) is 18.2 Å². The van der Waals surface area contributed by atoms with Crippen molar-refractivity contribution in [2.75, 3.05) is 5.73 Å². The van der Waals surface area contributed by atoms with E-state index in [4.69, 9.17) is 5.73 Å². The van der Waals surface area contributed by atoms with Crippen LogP contribution in [0.3, 0.4) is 0 Å². The number of H-pyrrole nitrogens is 1. The van der Waals surface area contributed by atoms with E-state index in [1.165, 1.54) is 0 Å². The third-order valence-electron chi connectivity index (χ3n) is 2.68. The van der Waals surface area contributed by atoms with Crippen molar-refractivity contribution in [3.63, 3.8) is 0 Å². The molecule has 0 aliphatic carbocycles. The summed E-state index contributed by atoms with van der Waals surface area (Å²) < 4.78 is 0. The molecular formula is C13H11N3O. The number of phenols is 1. The first-order valence-corrected chi connectivity index (χ1v) is 5.27. The molecule has 3 rings (SSSR count). The highest BCUT2D eigenvalue weighted by Gasteiger charge is 2.07. The quantitative estimate of drug-likeness (QED) is 0.557. The molecule has 0 atom stereocenters. The minimum atomic E-state index is 0.216. The zero-order valence-electron chi connectivity index (χ0n) is 9.01. The summed E-state index contributed by atoms with van der Waals surface area (Å²) in [5.41, 5.74) is 9.04. The van der Waals surface area contributed by atoms with Crippen molar-refractivity contribution in [1.82, 2.24) is 9.97 Å². The smallest absolute Gasteiger partial charge is 0.140 e. The lowest BCUT2D eigenvalue weighted by Gasteiger charge is -2.00. The average molecular weight is 225 g/mol. The van der Waals surface area contributed by atoms with Crippen LogP contribution in [-0.4, -0.2) is 15.1 Å². The largest absolute Gasteiger partial charge is 0.508 e. The molecule has 0 spiro atoms. The Balaban J connectivity index is 2.22. The van der Waals surface area contributed by atoms with Crippen molar-refractivity contribution < 1.29 is 5.11 Å². The predicted molar refractivity (Wildman–Crippen MR) is 67.6 cm³/mol. The fourth-order valence-electron chi connectivity index (χ4n) is 1.84. The molecule has 4 N–H and O–H groups in total. The normalized spacial score (nSPS) is 10.8. The van der Waals surface area contributed by atoms with Crippen molar-refractivity contribution in [2.45, 2.75) is 0 Å². The van der Waals surface area contributed by atoms with Gasteiger partial charge < -0.3 is 15.8 Å². The molecule has 0 aliphatic heterocycles. The van der Waals surface area contributed by atoms with Gasteiger partial charge in [-0.3, -0.25) is 0 Å². The van der Waals surface area contributed by atoms with E-state index in [-0.39, 0.29) is 5.75 Å². The number of aromatic amines is 1. The maximum Gasteiger partial charge on any atom is 0.140 e. The van der Waals surface area contributed by atoms with Gasteiger partial charge in [0.2, 0.25) is 0 Å². The first kappa shape index (κ1) is 9.72. The number of nitrogens with two attached hydrogens (primary N) is 1. The Morgan fingerprint density at radius 2 is 1.94 bits per heavy atom. The van der Waals surface area contributed by atoms with E-state index in [0.717, 1.165) is 16.6 Å². The summed E-state index contributed by atoms with van der Waals surface area (Å²) in [4.78, 5) is 7.58. The number of rotatable bonds is 1. The number of hydrogen-bond donors (Lipinski definition) is 3. The van der Waals surface area contributed by atoms with E-state index in [1.807, 2.05) is 24.3 Å². The Hall–Kier alpha value is -2.49. The summed E-state index contributed by atoms with van der Waals surface area (Å²) in [7, 11) is 0. The maximum absolute atomic E-state index is 9.39. The van der Waals surface area contributed by atoms with Gasteiger partial charge in [-0.1, -0.05) is 12.1 Å². The molecule has 0 saturated carbocycles. The van der Waals surface area contributed by atoms with Crippen LogP contribution in [0, 0.1) is 0 Å². The Kier molecular flexibility index (Phi) is 2.01. The zero-order valence-corrected chi connectivity index (χ0v) is 9.01. The Labute approximate surface area is 97.7 Å². The molecule has 0 unspecified atom stereocenters. The molecule has 0 amide bonds. The topological polar surface area (TPSA) is 74.9 Å². The van der Waals surface area contributed by atoms with Crippen LogP contribution in [0.15, 0.2) is 42.5 Å². The van der Waals surface area contributed by atoms with Gasteiger partial charge in [-0.2, -0.15) is 0 Å². The third-order valence-corrected chi connectivity index (χ3v) is 2.68. The Morgan fingerprint density at radius 3 is 2.76 bits per heavy atom. The minimum Gasteiger partial charge on any atom is -0.508 e. The minimum absolute atomic E-state index is 0.216. The number of aromatic nitrogens is 2. The van der Waals surface area contributed by atoms with Crippen molar-refractivity contribution in [2.24, 2.45) is 0 Å². The van der Waals surface area contributed by atoms with E-state index >= 15 is 0 Å². The lowest BCUT2D eigenvalue weighted by molar-refractivity contribution is 0.476. The number of nitrogen functional groups attached to an aromatic ring is 1. The second-order valence-corrected chi connectivity index (χ2v) is 3.87. The van der Waals surface area contributed by atoms with Crippen molar-refractivity contribution in [1.29, 1.82) is 0 Å². The second kappa shape index (κ2) is 3.52. The molecule has 17 heavy (non-hydrogen) atoms. The van der Waals surface area contributed by atoms with E-state index in [2.05, 4.69) is 9.97 Å². The predicted octanol–water partition coefficient (Wildman–Crippen LogP) is 2.52. The van der Waals surface area contributed by atoms with Crippen LogP contribution in [-0.2, 0) is 0 Å². The molecule has 0 radical (unpaired) electrons. The number of phenolic OH excluding ortho intramolecular Hbond substituents is 1. The van der Waals surface area contributed by atoms with Crippen LogP contribution in [0.1, 0.15) is 0 Å². The summed E-state index contributed by atoms with van der Waals surface area (Å²) in [6, 6.07) is 12.6. The van der Waals surface area contributed by atoms with Gasteiger partial charge in [0.1, 0.15) is 11.6 Å². The van der Waals surface area contributed by atoms with Crippen LogP contribution in [0.4, 0.5) is 5.69 Å². The molecule has 84 valence electrons. The number of anilines is 1. The van der Waals surface area contributed by atoms with Gasteiger partial charge in [-0.25, -0.2) is 4.98 Å². The number of nitrogens with one attached hydrogen (secondary N) is 1. The molecule has 4 heteroatoms. The average Bonchev–Trinajstić information content (AvgIpc) is 2.72. The number of benzene rings is 2. The molecule has 1 aromatic heterocycles. The second-order valence-electron chi connectivity index (χ2n) is 3.87. The Morgan fingerprint density at radius 1 is 1.12 bits per heavy atom. The fraction of sp³-hybridized carbons (Fsp3) is 0. The summed E-state index contributed by atoms with van der Waals surface area (Å²) in [5.74, 6) is 0.928. The van der Waals surface area contributed by atoms with Gasteiger partial charge in [-0.05, 0) is 24.3 Å². The molecule has 3 aromatic rings.